The third kappa shape index (κ3) is 1.85. The van der Waals surface area contributed by atoms with Crippen LogP contribution in [-0.2, 0) is 0 Å². The summed E-state index contributed by atoms with van der Waals surface area (Å²) in [5.41, 5.74) is 3.88. The zero-order valence-corrected chi connectivity index (χ0v) is 9.80. The van der Waals surface area contributed by atoms with E-state index in [0.29, 0.717) is 0 Å². The zero-order valence-electron chi connectivity index (χ0n) is 9.80. The van der Waals surface area contributed by atoms with Crippen molar-refractivity contribution in [1.82, 2.24) is 4.98 Å². The highest BCUT2D eigenvalue weighted by atomic mass is 14.7. The molecule has 0 amide bonds. The van der Waals surface area contributed by atoms with E-state index in [4.69, 9.17) is 6.42 Å². The van der Waals surface area contributed by atoms with Crippen molar-refractivity contribution in [2.75, 3.05) is 0 Å². The Balaban J connectivity index is 2.19. The van der Waals surface area contributed by atoms with Gasteiger partial charge in [-0.2, -0.15) is 0 Å². The van der Waals surface area contributed by atoms with E-state index in [1.54, 1.807) is 0 Å². The molecule has 0 spiro atoms. The Labute approximate surface area is 106 Å². The van der Waals surface area contributed by atoms with Gasteiger partial charge in [-0.1, -0.05) is 48.4 Å². The van der Waals surface area contributed by atoms with Gasteiger partial charge in [0.2, 0.25) is 0 Å². The van der Waals surface area contributed by atoms with E-state index in [2.05, 4.69) is 29.1 Å². The molecule has 0 aliphatic rings. The average Bonchev–Trinajstić information content (AvgIpc) is 2.47. The van der Waals surface area contributed by atoms with Crippen LogP contribution in [0.25, 0.3) is 22.2 Å². The second-order valence-corrected chi connectivity index (χ2v) is 4.11. The van der Waals surface area contributed by atoms with Crippen molar-refractivity contribution < 1.29 is 0 Å². The monoisotopic (exact) mass is 229 g/mol. The predicted molar refractivity (Wildman–Crippen MR) is 75.1 cm³/mol. The molecule has 3 aromatic rings. The Hall–Kier alpha value is -2.59. The molecule has 0 saturated heterocycles. The van der Waals surface area contributed by atoms with E-state index < -0.39 is 0 Å². The van der Waals surface area contributed by atoms with Crippen LogP contribution in [0.5, 0.6) is 0 Å². The molecule has 0 N–H and O–H groups in total. The number of benzene rings is 2. The zero-order chi connectivity index (χ0) is 12.4. The molecular formula is C17H11N. The maximum Gasteiger partial charge on any atom is 0.0721 e. The topological polar surface area (TPSA) is 12.9 Å². The van der Waals surface area contributed by atoms with Gasteiger partial charge in [-0.25, -0.2) is 4.98 Å². The minimum absolute atomic E-state index is 0.861. The van der Waals surface area contributed by atoms with E-state index in [-0.39, 0.29) is 0 Å². The molecule has 18 heavy (non-hydrogen) atoms. The standard InChI is InChI=1S/C17H11N/c1-2-13-8-9-15-10-11-16(18-17(15)12-13)14-6-4-3-5-7-14/h1,3-12H. The lowest BCUT2D eigenvalue weighted by Crippen LogP contribution is -1.86. The van der Waals surface area contributed by atoms with Crippen molar-refractivity contribution in [3.05, 3.63) is 66.2 Å². The van der Waals surface area contributed by atoms with E-state index in [1.165, 1.54) is 0 Å². The molecule has 1 nitrogen and oxygen atoms in total. The molecular weight excluding hydrogens is 218 g/mol. The van der Waals surface area contributed by atoms with Gasteiger partial charge < -0.3 is 0 Å². The van der Waals surface area contributed by atoms with E-state index in [9.17, 15) is 0 Å². The molecule has 0 fully saturated rings. The van der Waals surface area contributed by atoms with Gasteiger partial charge in [0.1, 0.15) is 0 Å². The fourth-order valence-electron chi connectivity index (χ4n) is 1.98. The molecule has 1 aromatic heterocycles. The normalized spacial score (nSPS) is 10.2. The Bertz CT molecular complexity index is 736. The van der Waals surface area contributed by atoms with Gasteiger partial charge in [0.25, 0.3) is 0 Å². The third-order valence-electron chi connectivity index (χ3n) is 2.93. The highest BCUT2D eigenvalue weighted by Gasteiger charge is 2.01. The van der Waals surface area contributed by atoms with Crippen LogP contribution in [0.15, 0.2) is 60.7 Å². The lowest BCUT2D eigenvalue weighted by Gasteiger charge is -2.03. The van der Waals surface area contributed by atoms with Gasteiger partial charge >= 0.3 is 0 Å². The Morgan fingerprint density at radius 2 is 1.67 bits per heavy atom. The van der Waals surface area contributed by atoms with E-state index >= 15 is 0 Å². The van der Waals surface area contributed by atoms with Crippen LogP contribution < -0.4 is 0 Å². The predicted octanol–water partition coefficient (Wildman–Crippen LogP) is 3.88. The Morgan fingerprint density at radius 3 is 2.44 bits per heavy atom. The molecule has 3 rings (SSSR count). The smallest absolute Gasteiger partial charge is 0.0721 e. The fraction of sp³-hybridized carbons (Fsp3) is 0. The van der Waals surface area contributed by atoms with Gasteiger partial charge in [0.05, 0.1) is 11.2 Å². The van der Waals surface area contributed by atoms with Crippen LogP contribution in [0.3, 0.4) is 0 Å². The number of hydrogen-bond donors (Lipinski definition) is 0. The maximum atomic E-state index is 5.41. The van der Waals surface area contributed by atoms with Crippen LogP contribution in [0.2, 0.25) is 0 Å². The number of terminal acetylenes is 1. The summed E-state index contributed by atoms with van der Waals surface area (Å²) in [6, 6.07) is 20.1. The number of pyridine rings is 1. The summed E-state index contributed by atoms with van der Waals surface area (Å²) in [6.45, 7) is 0. The molecule has 0 aliphatic carbocycles. The number of hydrogen-bond acceptors (Lipinski definition) is 1. The van der Waals surface area contributed by atoms with Gasteiger partial charge in [-0.05, 0) is 18.2 Å². The molecule has 84 valence electrons. The summed E-state index contributed by atoms with van der Waals surface area (Å²) in [6.07, 6.45) is 5.41. The number of aromatic nitrogens is 1. The summed E-state index contributed by atoms with van der Waals surface area (Å²) in [5, 5.41) is 1.11. The lowest BCUT2D eigenvalue weighted by molar-refractivity contribution is 1.40. The van der Waals surface area contributed by atoms with Gasteiger partial charge in [0.15, 0.2) is 0 Å². The first-order chi connectivity index (χ1) is 8.86. The van der Waals surface area contributed by atoms with Crippen molar-refractivity contribution in [2.45, 2.75) is 0 Å². The molecule has 0 unspecified atom stereocenters. The molecule has 0 bridgehead atoms. The van der Waals surface area contributed by atoms with Crippen LogP contribution in [0, 0.1) is 12.3 Å². The maximum absolute atomic E-state index is 5.41. The fourth-order valence-corrected chi connectivity index (χ4v) is 1.98. The first-order valence-corrected chi connectivity index (χ1v) is 5.80. The van der Waals surface area contributed by atoms with Gasteiger partial charge in [0, 0.05) is 16.5 Å². The molecule has 0 atom stereocenters. The van der Waals surface area contributed by atoms with Crippen molar-refractivity contribution in [3.8, 4) is 23.6 Å². The lowest BCUT2D eigenvalue weighted by atomic mass is 10.1. The second-order valence-electron chi connectivity index (χ2n) is 4.11. The quantitative estimate of drug-likeness (QED) is 0.577. The van der Waals surface area contributed by atoms with Crippen LogP contribution in [0.1, 0.15) is 5.56 Å². The largest absolute Gasteiger partial charge is 0.248 e. The summed E-state index contributed by atoms with van der Waals surface area (Å²) < 4.78 is 0. The Kier molecular flexibility index (Phi) is 2.55. The minimum atomic E-state index is 0.861. The summed E-state index contributed by atoms with van der Waals surface area (Å²) in [4.78, 5) is 4.66. The first-order valence-electron chi connectivity index (χ1n) is 5.80. The number of rotatable bonds is 1. The van der Waals surface area contributed by atoms with Crippen molar-refractivity contribution in [1.29, 1.82) is 0 Å². The average molecular weight is 229 g/mol. The van der Waals surface area contributed by atoms with Crippen molar-refractivity contribution >= 4 is 10.9 Å². The molecule has 0 saturated carbocycles. The van der Waals surface area contributed by atoms with Crippen molar-refractivity contribution in [2.24, 2.45) is 0 Å². The molecule has 2 aromatic carbocycles. The molecule has 0 radical (unpaired) electrons. The summed E-state index contributed by atoms with van der Waals surface area (Å²) >= 11 is 0. The van der Waals surface area contributed by atoms with E-state index in [1.807, 2.05) is 42.5 Å². The molecule has 1 heteroatoms. The highest BCUT2D eigenvalue weighted by Crippen LogP contribution is 2.21. The molecule has 0 aliphatic heterocycles. The first kappa shape index (κ1) is 10.6. The summed E-state index contributed by atoms with van der Waals surface area (Å²) in [7, 11) is 0. The second kappa shape index (κ2) is 4.35. The number of fused-ring (bicyclic) bond motifs is 1. The SMILES string of the molecule is C#Cc1ccc2ccc(-c3ccccc3)nc2c1. The van der Waals surface area contributed by atoms with Crippen molar-refractivity contribution in [3.63, 3.8) is 0 Å². The van der Waals surface area contributed by atoms with Crippen LogP contribution in [-0.4, -0.2) is 4.98 Å². The Morgan fingerprint density at radius 1 is 0.889 bits per heavy atom. The molecule has 1 heterocycles. The highest BCUT2D eigenvalue weighted by molar-refractivity contribution is 5.82. The van der Waals surface area contributed by atoms with E-state index in [0.717, 1.165) is 27.7 Å². The minimum Gasteiger partial charge on any atom is -0.248 e. The van der Waals surface area contributed by atoms with Crippen LogP contribution >= 0.6 is 0 Å². The van der Waals surface area contributed by atoms with Crippen LogP contribution in [0.4, 0.5) is 0 Å². The van der Waals surface area contributed by atoms with Gasteiger partial charge in [-0.3, -0.25) is 0 Å². The third-order valence-corrected chi connectivity index (χ3v) is 2.93. The number of nitrogens with zero attached hydrogens (tertiary/aromatic N) is 1. The summed E-state index contributed by atoms with van der Waals surface area (Å²) in [5.74, 6) is 2.64. The van der Waals surface area contributed by atoms with Gasteiger partial charge in [-0.15, -0.1) is 6.42 Å².